The number of benzene rings is 1. The number of nitrogens with zero attached hydrogens (tertiary/aromatic N) is 2. The Kier molecular flexibility index (Phi) is 7.22. The van der Waals surface area contributed by atoms with Crippen molar-refractivity contribution >= 4 is 29.1 Å². The molecule has 8 heteroatoms. The fourth-order valence-corrected chi connectivity index (χ4v) is 2.24. The minimum atomic E-state index is -0.895. The molecule has 136 valence electrons. The molecule has 0 saturated heterocycles. The van der Waals surface area contributed by atoms with Crippen LogP contribution in [0, 0.1) is 11.3 Å². The molecule has 0 heterocycles. The summed E-state index contributed by atoms with van der Waals surface area (Å²) in [7, 11) is 4.82. The molecule has 0 spiro atoms. The number of amides is 2. The van der Waals surface area contributed by atoms with Gasteiger partial charge in [-0.15, -0.1) is 0 Å². The van der Waals surface area contributed by atoms with Crippen molar-refractivity contribution in [2.75, 3.05) is 39.6 Å². The van der Waals surface area contributed by atoms with Gasteiger partial charge in [0.25, 0.3) is 11.8 Å². The largest absolute Gasteiger partial charge is 0.495 e. The van der Waals surface area contributed by atoms with Gasteiger partial charge in [-0.2, -0.15) is 5.26 Å². The number of hydrogen-bond donors (Lipinski definition) is 2. The second-order valence-corrected chi connectivity index (χ2v) is 6.76. The fourth-order valence-electron chi connectivity index (χ4n) is 2.07. The molecule has 0 saturated carbocycles. The molecule has 0 aliphatic heterocycles. The minimum Gasteiger partial charge on any atom is -0.495 e. The number of rotatable bonds is 7. The zero-order valence-electron chi connectivity index (χ0n) is 15.1. The summed E-state index contributed by atoms with van der Waals surface area (Å²) >= 11 is 5.93. The second-order valence-electron chi connectivity index (χ2n) is 6.33. The summed E-state index contributed by atoms with van der Waals surface area (Å²) in [5.41, 5.74) is -0.421. The predicted octanol–water partition coefficient (Wildman–Crippen LogP) is 0.562. The monoisotopic (exact) mass is 367 g/mol. The van der Waals surface area contributed by atoms with Crippen molar-refractivity contribution in [2.24, 2.45) is 0 Å². The Morgan fingerprint density at radius 3 is 2.60 bits per heavy atom. The van der Waals surface area contributed by atoms with Crippen LogP contribution in [-0.2, 0) is 9.59 Å². The SMILES string of the molecule is COc1ccc(Cl)cc1NC(=O)C[NH+](C)CC(=O)N(C)C(C)(C)C#N. The van der Waals surface area contributed by atoms with E-state index in [1.54, 1.807) is 46.1 Å². The van der Waals surface area contributed by atoms with Crippen LogP contribution in [0.2, 0.25) is 5.02 Å². The highest BCUT2D eigenvalue weighted by atomic mass is 35.5. The molecule has 2 amide bonds. The molecule has 0 aliphatic carbocycles. The molecule has 1 unspecified atom stereocenters. The summed E-state index contributed by atoms with van der Waals surface area (Å²) < 4.78 is 5.18. The number of halogens is 1. The van der Waals surface area contributed by atoms with Gasteiger partial charge in [-0.05, 0) is 32.0 Å². The minimum absolute atomic E-state index is 0.0855. The van der Waals surface area contributed by atoms with Crippen LogP contribution in [0.1, 0.15) is 13.8 Å². The molecule has 1 rings (SSSR count). The third-order valence-electron chi connectivity index (χ3n) is 3.84. The average molecular weight is 368 g/mol. The van der Waals surface area contributed by atoms with E-state index in [2.05, 4.69) is 11.4 Å². The Morgan fingerprint density at radius 1 is 1.40 bits per heavy atom. The van der Waals surface area contributed by atoms with E-state index in [4.69, 9.17) is 21.6 Å². The van der Waals surface area contributed by atoms with Gasteiger partial charge in [-0.1, -0.05) is 11.6 Å². The normalized spacial score (nSPS) is 12.0. The van der Waals surface area contributed by atoms with E-state index >= 15 is 0 Å². The maximum Gasteiger partial charge on any atom is 0.279 e. The summed E-state index contributed by atoms with van der Waals surface area (Å²) in [4.78, 5) is 26.5. The van der Waals surface area contributed by atoms with Crippen LogP contribution in [0.5, 0.6) is 5.75 Å². The van der Waals surface area contributed by atoms with E-state index in [1.165, 1.54) is 12.0 Å². The molecule has 25 heavy (non-hydrogen) atoms. The molecule has 1 aromatic carbocycles. The first-order chi connectivity index (χ1) is 11.6. The van der Waals surface area contributed by atoms with Gasteiger partial charge >= 0.3 is 0 Å². The zero-order chi connectivity index (χ0) is 19.2. The van der Waals surface area contributed by atoms with Crippen molar-refractivity contribution < 1.29 is 19.2 Å². The number of hydrogen-bond acceptors (Lipinski definition) is 4. The predicted molar refractivity (Wildman–Crippen MR) is 95.7 cm³/mol. The topological polar surface area (TPSA) is 86.9 Å². The first-order valence-electron chi connectivity index (χ1n) is 7.73. The van der Waals surface area contributed by atoms with Crippen molar-refractivity contribution in [2.45, 2.75) is 19.4 Å². The summed E-state index contributed by atoms with van der Waals surface area (Å²) in [6.07, 6.45) is 0. The van der Waals surface area contributed by atoms with Crippen LogP contribution in [0.15, 0.2) is 18.2 Å². The van der Waals surface area contributed by atoms with Crippen molar-refractivity contribution in [3.05, 3.63) is 23.2 Å². The number of carbonyl (C=O) groups excluding carboxylic acids is 2. The number of likely N-dealkylation sites (N-methyl/N-ethyl adjacent to an activating group) is 2. The Hall–Kier alpha value is -2.30. The van der Waals surface area contributed by atoms with Gasteiger partial charge in [-0.3, -0.25) is 9.59 Å². The standard InChI is InChI=1S/C17H23ClN4O3/c1-17(2,11-19)22(4)16(24)10-21(3)9-15(23)20-13-8-12(18)6-7-14(13)25-5/h6-8H,9-10H2,1-5H3,(H,20,23)/p+1. The Labute approximate surface area is 153 Å². The van der Waals surface area contributed by atoms with Crippen LogP contribution >= 0.6 is 11.6 Å². The molecular weight excluding hydrogens is 344 g/mol. The van der Waals surface area contributed by atoms with E-state index in [1.807, 2.05) is 0 Å². The van der Waals surface area contributed by atoms with Crippen LogP contribution in [0.4, 0.5) is 5.69 Å². The van der Waals surface area contributed by atoms with Crippen molar-refractivity contribution in [1.29, 1.82) is 5.26 Å². The third-order valence-corrected chi connectivity index (χ3v) is 4.07. The summed E-state index contributed by atoms with van der Waals surface area (Å²) in [5.74, 6) is 0.0206. The van der Waals surface area contributed by atoms with Gasteiger partial charge in [0.15, 0.2) is 13.1 Å². The quantitative estimate of drug-likeness (QED) is 0.737. The highest BCUT2D eigenvalue weighted by Crippen LogP contribution is 2.27. The van der Waals surface area contributed by atoms with E-state index < -0.39 is 5.54 Å². The molecule has 1 aromatic rings. The summed E-state index contributed by atoms with van der Waals surface area (Å²) in [5, 5.41) is 12.3. The molecule has 0 fully saturated rings. The van der Waals surface area contributed by atoms with Gasteiger partial charge in [0, 0.05) is 12.1 Å². The first kappa shape index (κ1) is 20.7. The summed E-state index contributed by atoms with van der Waals surface area (Å²) in [6, 6.07) is 7.01. The maximum absolute atomic E-state index is 12.2. The Morgan fingerprint density at radius 2 is 2.04 bits per heavy atom. The van der Waals surface area contributed by atoms with Crippen LogP contribution in [-0.4, -0.2) is 56.5 Å². The first-order valence-corrected chi connectivity index (χ1v) is 8.11. The number of anilines is 1. The summed E-state index contributed by atoms with van der Waals surface area (Å²) in [6.45, 7) is 3.51. The third kappa shape index (κ3) is 5.93. The highest BCUT2D eigenvalue weighted by molar-refractivity contribution is 6.31. The number of ether oxygens (including phenoxy) is 1. The fraction of sp³-hybridized carbons (Fsp3) is 0.471. The van der Waals surface area contributed by atoms with Gasteiger partial charge in [0.05, 0.1) is 25.9 Å². The lowest BCUT2D eigenvalue weighted by Crippen LogP contribution is -3.11. The van der Waals surface area contributed by atoms with Gasteiger partial charge < -0.3 is 19.9 Å². The Bertz CT molecular complexity index is 685. The number of carbonyl (C=O) groups is 2. The van der Waals surface area contributed by atoms with Crippen LogP contribution in [0.25, 0.3) is 0 Å². The van der Waals surface area contributed by atoms with Crippen molar-refractivity contribution in [3.63, 3.8) is 0 Å². The molecule has 0 bridgehead atoms. The van der Waals surface area contributed by atoms with E-state index in [-0.39, 0.29) is 24.9 Å². The van der Waals surface area contributed by atoms with Crippen LogP contribution in [0.3, 0.4) is 0 Å². The van der Waals surface area contributed by atoms with Crippen LogP contribution < -0.4 is 15.0 Å². The molecular formula is C17H24ClN4O3+. The molecule has 7 nitrogen and oxygen atoms in total. The number of quaternary nitrogens is 1. The van der Waals surface area contributed by atoms with Crippen molar-refractivity contribution in [1.82, 2.24) is 4.90 Å². The van der Waals surface area contributed by atoms with E-state index in [0.29, 0.717) is 21.4 Å². The van der Waals surface area contributed by atoms with Crippen molar-refractivity contribution in [3.8, 4) is 11.8 Å². The molecule has 0 aromatic heterocycles. The molecule has 0 aliphatic rings. The zero-order valence-corrected chi connectivity index (χ0v) is 15.9. The Balaban J connectivity index is 2.65. The second kappa shape index (κ2) is 8.70. The molecule has 1 atom stereocenters. The van der Waals surface area contributed by atoms with Gasteiger partial charge in [-0.25, -0.2) is 0 Å². The maximum atomic E-state index is 12.2. The van der Waals surface area contributed by atoms with E-state index in [9.17, 15) is 9.59 Å². The number of nitriles is 1. The lowest BCUT2D eigenvalue weighted by Gasteiger charge is -2.29. The van der Waals surface area contributed by atoms with Gasteiger partial charge in [0.1, 0.15) is 11.3 Å². The smallest absolute Gasteiger partial charge is 0.279 e. The van der Waals surface area contributed by atoms with Gasteiger partial charge in [0.2, 0.25) is 0 Å². The van der Waals surface area contributed by atoms with E-state index in [0.717, 1.165) is 0 Å². The highest BCUT2D eigenvalue weighted by Gasteiger charge is 2.29. The average Bonchev–Trinajstić information content (AvgIpc) is 2.53. The lowest BCUT2D eigenvalue weighted by molar-refractivity contribution is -0.862. The molecule has 0 radical (unpaired) electrons. The number of methoxy groups -OCH3 is 1. The number of nitrogens with one attached hydrogen (secondary N) is 2. The molecule has 2 N–H and O–H groups in total. The lowest BCUT2D eigenvalue weighted by atomic mass is 10.1.